The van der Waals surface area contributed by atoms with Crippen LogP contribution in [0.4, 0.5) is 5.69 Å². The molecule has 0 spiro atoms. The number of carbonyl (C=O) groups excluding carboxylic acids is 2. The first kappa shape index (κ1) is 13.9. The number of nitrogens with one attached hydrogen (secondary N) is 2. The molecule has 0 saturated carbocycles. The van der Waals surface area contributed by atoms with E-state index >= 15 is 0 Å². The average molecular weight is 287 g/mol. The highest BCUT2D eigenvalue weighted by atomic mass is 16.2. The van der Waals surface area contributed by atoms with Gasteiger partial charge >= 0.3 is 0 Å². The van der Waals surface area contributed by atoms with Crippen LogP contribution in [0.1, 0.15) is 35.2 Å². The predicted octanol–water partition coefficient (Wildman–Crippen LogP) is 1.21. The zero-order chi connectivity index (χ0) is 14.8. The molecule has 0 aliphatic carbocycles. The molecule has 2 aliphatic rings. The Bertz CT molecular complexity index is 565. The quantitative estimate of drug-likeness (QED) is 0.878. The third-order valence-corrected chi connectivity index (χ3v) is 4.16. The van der Waals surface area contributed by atoms with Gasteiger partial charge in [0.05, 0.1) is 11.6 Å². The third kappa shape index (κ3) is 3.01. The molecule has 1 unspecified atom stereocenters. The number of hydrogen-bond donors (Lipinski definition) is 2. The molecular weight excluding hydrogens is 266 g/mol. The number of anilines is 1. The van der Waals surface area contributed by atoms with Crippen molar-refractivity contribution in [2.75, 3.05) is 24.5 Å². The largest absolute Gasteiger partial charge is 0.371 e. The first-order chi connectivity index (χ1) is 10.1. The number of nitrogens with zero attached hydrogens (tertiary/aromatic N) is 1. The van der Waals surface area contributed by atoms with E-state index in [1.54, 1.807) is 0 Å². The van der Waals surface area contributed by atoms with Gasteiger partial charge in [-0.1, -0.05) is 11.6 Å². The summed E-state index contributed by atoms with van der Waals surface area (Å²) in [5.41, 5.74) is 2.80. The van der Waals surface area contributed by atoms with E-state index in [0.29, 0.717) is 13.0 Å². The van der Waals surface area contributed by atoms with Crippen LogP contribution >= 0.6 is 0 Å². The van der Waals surface area contributed by atoms with Gasteiger partial charge in [-0.2, -0.15) is 0 Å². The molecule has 112 valence electrons. The van der Waals surface area contributed by atoms with Crippen LogP contribution in [0.15, 0.2) is 18.2 Å². The summed E-state index contributed by atoms with van der Waals surface area (Å²) in [7, 11) is 0. The number of benzene rings is 1. The lowest BCUT2D eigenvalue weighted by Gasteiger charge is -2.22. The van der Waals surface area contributed by atoms with Gasteiger partial charge in [0, 0.05) is 31.7 Å². The summed E-state index contributed by atoms with van der Waals surface area (Å²) >= 11 is 0. The molecule has 2 fully saturated rings. The summed E-state index contributed by atoms with van der Waals surface area (Å²) in [6.45, 7) is 4.53. The van der Waals surface area contributed by atoms with Crippen LogP contribution in [0.5, 0.6) is 0 Å². The van der Waals surface area contributed by atoms with Crippen molar-refractivity contribution in [1.29, 1.82) is 0 Å². The summed E-state index contributed by atoms with van der Waals surface area (Å²) < 4.78 is 0. The first-order valence-electron chi connectivity index (χ1n) is 7.56. The highest BCUT2D eigenvalue weighted by Crippen LogP contribution is 2.26. The molecule has 2 saturated heterocycles. The fourth-order valence-corrected chi connectivity index (χ4v) is 3.04. The SMILES string of the molecule is Cc1ccc(N2CCCC2)c(C(=O)NC2CNC(=O)C2)c1. The van der Waals surface area contributed by atoms with Crippen molar-refractivity contribution in [3.63, 3.8) is 0 Å². The maximum atomic E-state index is 12.6. The van der Waals surface area contributed by atoms with Crippen molar-refractivity contribution in [1.82, 2.24) is 10.6 Å². The summed E-state index contributed by atoms with van der Waals surface area (Å²) in [6, 6.07) is 5.92. The standard InChI is InChI=1S/C16H21N3O2/c1-11-4-5-14(19-6-2-3-7-19)13(8-11)16(21)18-12-9-15(20)17-10-12/h4-5,8,12H,2-3,6-7,9-10H2,1H3,(H,17,20)(H,18,21). The minimum absolute atomic E-state index is 0.00399. The lowest BCUT2D eigenvalue weighted by atomic mass is 10.1. The van der Waals surface area contributed by atoms with Crippen molar-refractivity contribution < 1.29 is 9.59 Å². The van der Waals surface area contributed by atoms with E-state index in [1.165, 1.54) is 12.8 Å². The number of hydrogen-bond acceptors (Lipinski definition) is 3. The van der Waals surface area contributed by atoms with Gasteiger partial charge in [-0.25, -0.2) is 0 Å². The fourth-order valence-electron chi connectivity index (χ4n) is 3.04. The van der Waals surface area contributed by atoms with Crippen molar-refractivity contribution in [3.05, 3.63) is 29.3 Å². The zero-order valence-electron chi connectivity index (χ0n) is 12.3. The Hall–Kier alpha value is -2.04. The van der Waals surface area contributed by atoms with E-state index in [9.17, 15) is 9.59 Å². The van der Waals surface area contributed by atoms with Crippen LogP contribution in [0.25, 0.3) is 0 Å². The monoisotopic (exact) mass is 287 g/mol. The summed E-state index contributed by atoms with van der Waals surface area (Å²) in [5.74, 6) is -0.0774. The van der Waals surface area contributed by atoms with Crippen LogP contribution < -0.4 is 15.5 Å². The molecule has 3 rings (SSSR count). The Labute approximate surface area is 124 Å². The van der Waals surface area contributed by atoms with Crippen LogP contribution in [-0.4, -0.2) is 37.5 Å². The Morgan fingerprint density at radius 3 is 2.76 bits per heavy atom. The van der Waals surface area contributed by atoms with Crippen molar-refractivity contribution in [3.8, 4) is 0 Å². The van der Waals surface area contributed by atoms with Gasteiger partial charge in [0.25, 0.3) is 5.91 Å². The molecule has 0 bridgehead atoms. The summed E-state index contributed by atoms with van der Waals surface area (Å²) in [5, 5.41) is 5.71. The van der Waals surface area contributed by atoms with Crippen molar-refractivity contribution >= 4 is 17.5 Å². The summed E-state index contributed by atoms with van der Waals surface area (Å²) in [6.07, 6.45) is 2.72. The van der Waals surface area contributed by atoms with Crippen LogP contribution in [0.3, 0.4) is 0 Å². The van der Waals surface area contributed by atoms with Crippen LogP contribution in [0, 0.1) is 6.92 Å². The van der Waals surface area contributed by atoms with Gasteiger partial charge in [0.1, 0.15) is 0 Å². The average Bonchev–Trinajstić information content (AvgIpc) is 3.10. The topological polar surface area (TPSA) is 61.4 Å². The van der Waals surface area contributed by atoms with Gasteiger partial charge in [0.2, 0.25) is 5.91 Å². The third-order valence-electron chi connectivity index (χ3n) is 4.16. The smallest absolute Gasteiger partial charge is 0.253 e. The highest BCUT2D eigenvalue weighted by Gasteiger charge is 2.25. The second-order valence-electron chi connectivity index (χ2n) is 5.89. The molecule has 2 amide bonds. The first-order valence-corrected chi connectivity index (χ1v) is 7.56. The van der Waals surface area contributed by atoms with Crippen molar-refractivity contribution in [2.45, 2.75) is 32.2 Å². The minimum atomic E-state index is -0.100. The van der Waals surface area contributed by atoms with E-state index in [4.69, 9.17) is 0 Å². The number of amides is 2. The normalized spacial score (nSPS) is 21.5. The molecule has 5 heteroatoms. The highest BCUT2D eigenvalue weighted by molar-refractivity contribution is 6.00. The molecule has 2 aliphatic heterocycles. The van der Waals surface area contributed by atoms with Crippen LogP contribution in [-0.2, 0) is 4.79 Å². The maximum Gasteiger partial charge on any atom is 0.253 e. The molecule has 5 nitrogen and oxygen atoms in total. The zero-order valence-corrected chi connectivity index (χ0v) is 12.3. The molecule has 1 aromatic carbocycles. The Kier molecular flexibility index (Phi) is 3.82. The fraction of sp³-hybridized carbons (Fsp3) is 0.500. The van der Waals surface area contributed by atoms with Gasteiger partial charge < -0.3 is 15.5 Å². The van der Waals surface area contributed by atoms with E-state index in [2.05, 4.69) is 15.5 Å². The van der Waals surface area contributed by atoms with Gasteiger partial charge in [0.15, 0.2) is 0 Å². The lowest BCUT2D eigenvalue weighted by molar-refractivity contribution is -0.119. The number of aryl methyl sites for hydroxylation is 1. The predicted molar refractivity (Wildman–Crippen MR) is 81.5 cm³/mol. The molecule has 1 aromatic rings. The van der Waals surface area contributed by atoms with E-state index < -0.39 is 0 Å². The maximum absolute atomic E-state index is 12.6. The molecule has 1 atom stereocenters. The molecule has 2 N–H and O–H groups in total. The molecule has 0 radical (unpaired) electrons. The molecular formula is C16H21N3O2. The number of carbonyl (C=O) groups is 2. The summed E-state index contributed by atoms with van der Waals surface area (Å²) in [4.78, 5) is 26.1. The molecule has 2 heterocycles. The Balaban J connectivity index is 1.80. The molecule has 21 heavy (non-hydrogen) atoms. The van der Waals surface area contributed by atoms with Crippen molar-refractivity contribution in [2.24, 2.45) is 0 Å². The Morgan fingerprint density at radius 2 is 2.10 bits per heavy atom. The second kappa shape index (κ2) is 5.76. The lowest BCUT2D eigenvalue weighted by Crippen LogP contribution is -2.37. The van der Waals surface area contributed by atoms with Crippen LogP contribution in [0.2, 0.25) is 0 Å². The van der Waals surface area contributed by atoms with E-state index in [0.717, 1.165) is 29.9 Å². The van der Waals surface area contributed by atoms with E-state index in [-0.39, 0.29) is 17.9 Å². The Morgan fingerprint density at radius 1 is 1.33 bits per heavy atom. The number of rotatable bonds is 3. The van der Waals surface area contributed by atoms with Gasteiger partial charge in [-0.3, -0.25) is 9.59 Å². The van der Waals surface area contributed by atoms with Gasteiger partial charge in [-0.05, 0) is 31.9 Å². The van der Waals surface area contributed by atoms with E-state index in [1.807, 2.05) is 25.1 Å². The molecule has 0 aromatic heterocycles. The second-order valence-corrected chi connectivity index (χ2v) is 5.89. The minimum Gasteiger partial charge on any atom is -0.371 e. The van der Waals surface area contributed by atoms with Gasteiger partial charge in [-0.15, -0.1) is 0 Å².